The average molecular weight is 270 g/mol. The van der Waals surface area contributed by atoms with E-state index in [1.165, 1.54) is 0 Å². The van der Waals surface area contributed by atoms with Crippen LogP contribution in [0.3, 0.4) is 0 Å². The molecule has 6 nitrogen and oxygen atoms in total. The summed E-state index contributed by atoms with van der Waals surface area (Å²) in [7, 11) is -2.85. The van der Waals surface area contributed by atoms with E-state index in [1.54, 1.807) is 0 Å². The predicted molar refractivity (Wildman–Crippen MR) is 71.8 cm³/mol. The first kappa shape index (κ1) is 13.1. The van der Waals surface area contributed by atoms with Crippen molar-refractivity contribution >= 4 is 21.6 Å². The van der Waals surface area contributed by atoms with E-state index >= 15 is 0 Å². The first-order valence-corrected chi connectivity index (χ1v) is 7.87. The molecular formula is C11H18N4O2S. The Morgan fingerprint density at radius 3 is 2.61 bits per heavy atom. The lowest BCUT2D eigenvalue weighted by Gasteiger charge is -2.28. The molecular weight excluding hydrogens is 252 g/mol. The minimum absolute atomic E-state index is 0.201. The van der Waals surface area contributed by atoms with Crippen molar-refractivity contribution < 1.29 is 8.42 Å². The van der Waals surface area contributed by atoms with Crippen LogP contribution >= 0.6 is 0 Å². The summed E-state index contributed by atoms with van der Waals surface area (Å²) < 4.78 is 22.8. The number of hydrogen-bond donors (Lipinski definition) is 1. The van der Waals surface area contributed by atoms with Gasteiger partial charge in [0.15, 0.2) is 9.84 Å². The zero-order valence-electron chi connectivity index (χ0n) is 10.7. The summed E-state index contributed by atoms with van der Waals surface area (Å²) in [6.07, 6.45) is 0. The molecule has 0 spiro atoms. The van der Waals surface area contributed by atoms with E-state index in [2.05, 4.69) is 15.3 Å². The Bertz CT molecular complexity index is 516. The van der Waals surface area contributed by atoms with E-state index in [9.17, 15) is 8.42 Å². The van der Waals surface area contributed by atoms with Crippen LogP contribution in [0.4, 0.5) is 11.8 Å². The Hall–Kier alpha value is -1.37. The van der Waals surface area contributed by atoms with Gasteiger partial charge in [0.1, 0.15) is 5.82 Å². The predicted octanol–water partition coefficient (Wildman–Crippen LogP) is 0.452. The van der Waals surface area contributed by atoms with Gasteiger partial charge in [-0.3, -0.25) is 0 Å². The summed E-state index contributed by atoms with van der Waals surface area (Å²) in [6, 6.07) is 1.89. The first-order chi connectivity index (χ1) is 8.50. The van der Waals surface area contributed by atoms with Gasteiger partial charge in [-0.2, -0.15) is 4.98 Å². The first-order valence-electron chi connectivity index (χ1n) is 6.05. The van der Waals surface area contributed by atoms with Gasteiger partial charge in [-0.15, -0.1) is 0 Å². The highest BCUT2D eigenvalue weighted by Crippen LogP contribution is 2.17. The molecule has 0 aliphatic carbocycles. The second-order valence-corrected chi connectivity index (χ2v) is 6.66. The topological polar surface area (TPSA) is 75.2 Å². The van der Waals surface area contributed by atoms with Crippen LogP contribution < -0.4 is 10.2 Å². The molecule has 1 fully saturated rings. The molecule has 0 saturated carbocycles. The van der Waals surface area contributed by atoms with Gasteiger partial charge in [0.05, 0.1) is 11.5 Å². The van der Waals surface area contributed by atoms with E-state index in [4.69, 9.17) is 0 Å². The average Bonchev–Trinajstić information content (AvgIpc) is 2.28. The number of nitrogens with zero attached hydrogens (tertiary/aromatic N) is 3. The maximum absolute atomic E-state index is 11.4. The highest BCUT2D eigenvalue weighted by Gasteiger charge is 2.22. The van der Waals surface area contributed by atoms with Gasteiger partial charge >= 0.3 is 0 Å². The lowest BCUT2D eigenvalue weighted by atomic mass is 10.4. The fourth-order valence-corrected chi connectivity index (χ4v) is 3.09. The maximum Gasteiger partial charge on any atom is 0.224 e. The van der Waals surface area contributed by atoms with Crippen molar-refractivity contribution in [1.82, 2.24) is 9.97 Å². The van der Waals surface area contributed by atoms with Gasteiger partial charge in [0.2, 0.25) is 5.95 Å². The summed E-state index contributed by atoms with van der Waals surface area (Å²) in [5.74, 6) is 1.80. The molecule has 0 aromatic carbocycles. The number of sulfone groups is 1. The minimum Gasteiger partial charge on any atom is -0.354 e. The Morgan fingerprint density at radius 2 is 2.00 bits per heavy atom. The molecule has 2 rings (SSSR count). The molecule has 1 saturated heterocycles. The zero-order valence-corrected chi connectivity index (χ0v) is 11.5. The Morgan fingerprint density at radius 1 is 1.33 bits per heavy atom. The van der Waals surface area contributed by atoms with Crippen LogP contribution in [0.5, 0.6) is 0 Å². The second-order valence-electron chi connectivity index (χ2n) is 4.36. The van der Waals surface area contributed by atoms with E-state index in [0.717, 1.165) is 18.1 Å². The molecule has 2 heterocycles. The van der Waals surface area contributed by atoms with E-state index in [1.807, 2.05) is 24.8 Å². The van der Waals surface area contributed by atoms with Gasteiger partial charge < -0.3 is 10.2 Å². The Balaban J connectivity index is 2.18. The summed E-state index contributed by atoms with van der Waals surface area (Å²) >= 11 is 0. The second kappa shape index (κ2) is 5.09. The van der Waals surface area contributed by atoms with Gasteiger partial charge in [-0.1, -0.05) is 0 Å². The summed E-state index contributed by atoms with van der Waals surface area (Å²) in [6.45, 7) is 5.66. The van der Waals surface area contributed by atoms with E-state index in [-0.39, 0.29) is 11.5 Å². The number of hydrogen-bond acceptors (Lipinski definition) is 6. The SMILES string of the molecule is CCNc1nc(C)cc(N2CCS(=O)(=O)CC2)n1. The third-order valence-electron chi connectivity index (χ3n) is 2.84. The summed E-state index contributed by atoms with van der Waals surface area (Å²) in [5, 5.41) is 3.08. The van der Waals surface area contributed by atoms with Crippen molar-refractivity contribution in [2.45, 2.75) is 13.8 Å². The standard InChI is InChI=1S/C11H18N4O2S/c1-3-12-11-13-9(2)8-10(14-11)15-4-6-18(16,17)7-5-15/h8H,3-7H2,1-2H3,(H,12,13,14). The minimum atomic E-state index is -2.85. The van der Waals surface area contributed by atoms with Gasteiger partial charge in [0.25, 0.3) is 0 Å². The highest BCUT2D eigenvalue weighted by atomic mass is 32.2. The van der Waals surface area contributed by atoms with E-state index in [0.29, 0.717) is 19.0 Å². The van der Waals surface area contributed by atoms with Crippen LogP contribution in [0.1, 0.15) is 12.6 Å². The van der Waals surface area contributed by atoms with Crippen molar-refractivity contribution in [2.24, 2.45) is 0 Å². The third-order valence-corrected chi connectivity index (χ3v) is 4.45. The number of aromatic nitrogens is 2. The molecule has 1 aliphatic heterocycles. The molecule has 0 amide bonds. The molecule has 1 aromatic rings. The fourth-order valence-electron chi connectivity index (χ4n) is 1.89. The van der Waals surface area contributed by atoms with Crippen LogP contribution in [0.15, 0.2) is 6.07 Å². The smallest absolute Gasteiger partial charge is 0.224 e. The monoisotopic (exact) mass is 270 g/mol. The largest absolute Gasteiger partial charge is 0.354 e. The molecule has 100 valence electrons. The molecule has 18 heavy (non-hydrogen) atoms. The number of aryl methyl sites for hydroxylation is 1. The summed E-state index contributed by atoms with van der Waals surface area (Å²) in [5.41, 5.74) is 0.879. The molecule has 7 heteroatoms. The van der Waals surface area contributed by atoms with Gasteiger partial charge in [-0.05, 0) is 13.8 Å². The Kier molecular flexibility index (Phi) is 3.70. The molecule has 0 radical (unpaired) electrons. The molecule has 1 aromatic heterocycles. The van der Waals surface area contributed by atoms with E-state index < -0.39 is 9.84 Å². The molecule has 0 unspecified atom stereocenters. The number of nitrogens with one attached hydrogen (secondary N) is 1. The van der Waals surface area contributed by atoms with Gasteiger partial charge in [0, 0.05) is 31.4 Å². The number of anilines is 2. The zero-order chi connectivity index (χ0) is 13.2. The van der Waals surface area contributed by atoms with Crippen molar-refractivity contribution in [2.75, 3.05) is 41.4 Å². The molecule has 1 aliphatic rings. The lowest BCUT2D eigenvalue weighted by Crippen LogP contribution is -2.40. The van der Waals surface area contributed by atoms with Crippen molar-refractivity contribution in [1.29, 1.82) is 0 Å². The van der Waals surface area contributed by atoms with Crippen molar-refractivity contribution in [3.05, 3.63) is 11.8 Å². The van der Waals surface area contributed by atoms with Crippen LogP contribution in [0.25, 0.3) is 0 Å². The van der Waals surface area contributed by atoms with Crippen LogP contribution in [0, 0.1) is 6.92 Å². The normalized spacial score (nSPS) is 18.7. The van der Waals surface area contributed by atoms with Gasteiger partial charge in [-0.25, -0.2) is 13.4 Å². The highest BCUT2D eigenvalue weighted by molar-refractivity contribution is 7.91. The molecule has 0 atom stereocenters. The Labute approximate surface area is 107 Å². The van der Waals surface area contributed by atoms with Crippen molar-refractivity contribution in [3.8, 4) is 0 Å². The quantitative estimate of drug-likeness (QED) is 0.859. The van der Waals surface area contributed by atoms with Crippen LogP contribution in [0.2, 0.25) is 0 Å². The molecule has 1 N–H and O–H groups in total. The summed E-state index contributed by atoms with van der Waals surface area (Å²) in [4.78, 5) is 10.7. The maximum atomic E-state index is 11.4. The number of rotatable bonds is 3. The lowest BCUT2D eigenvalue weighted by molar-refractivity contribution is 0.586. The molecule has 0 bridgehead atoms. The van der Waals surface area contributed by atoms with Crippen LogP contribution in [-0.2, 0) is 9.84 Å². The third kappa shape index (κ3) is 3.10. The fraction of sp³-hybridized carbons (Fsp3) is 0.636. The van der Waals surface area contributed by atoms with Crippen molar-refractivity contribution in [3.63, 3.8) is 0 Å². The van der Waals surface area contributed by atoms with Crippen LogP contribution in [-0.4, -0.2) is 49.5 Å².